The van der Waals surface area contributed by atoms with Crippen molar-refractivity contribution < 1.29 is 9.59 Å². The van der Waals surface area contributed by atoms with Crippen LogP contribution in [-0.4, -0.2) is 39.5 Å². The Kier molecular flexibility index (Phi) is 8.36. The second kappa shape index (κ2) is 11.2. The van der Waals surface area contributed by atoms with E-state index in [9.17, 15) is 9.59 Å². The van der Waals surface area contributed by atoms with Gasteiger partial charge in [0, 0.05) is 35.2 Å². The van der Waals surface area contributed by atoms with Crippen molar-refractivity contribution in [1.29, 1.82) is 0 Å². The van der Waals surface area contributed by atoms with Gasteiger partial charge >= 0.3 is 0 Å². The summed E-state index contributed by atoms with van der Waals surface area (Å²) in [5.41, 5.74) is 2.71. The maximum atomic E-state index is 13.1. The number of amides is 2. The van der Waals surface area contributed by atoms with Gasteiger partial charge in [0.15, 0.2) is 0 Å². The molecule has 0 saturated carbocycles. The number of hydrogen-bond acceptors (Lipinski definition) is 5. The van der Waals surface area contributed by atoms with Gasteiger partial charge in [-0.3, -0.25) is 9.59 Å². The van der Waals surface area contributed by atoms with Gasteiger partial charge in [-0.25, -0.2) is 0 Å². The summed E-state index contributed by atoms with van der Waals surface area (Å²) in [5, 5.41) is 12.8. The third kappa shape index (κ3) is 6.14. The summed E-state index contributed by atoms with van der Waals surface area (Å²) < 4.78 is 0. The summed E-state index contributed by atoms with van der Waals surface area (Å²) in [6, 6.07) is 15.0. The van der Waals surface area contributed by atoms with E-state index in [2.05, 4.69) is 22.4 Å². The molecule has 0 saturated heterocycles. The first-order chi connectivity index (χ1) is 15.4. The number of carbonyl (C=O) groups is 2. The Hall–Kier alpha value is -2.77. The fraction of sp³-hybridized carbons (Fsp3) is 0.333. The highest BCUT2D eigenvalue weighted by molar-refractivity contribution is 7.18. The van der Waals surface area contributed by atoms with Gasteiger partial charge in [-0.2, -0.15) is 0 Å². The first-order valence-corrected chi connectivity index (χ1v) is 11.9. The fourth-order valence-corrected chi connectivity index (χ4v) is 4.07. The molecule has 6 nitrogen and oxygen atoms in total. The minimum atomic E-state index is -0.203. The molecule has 1 aromatic heterocycles. The highest BCUT2D eigenvalue weighted by atomic mass is 35.5. The van der Waals surface area contributed by atoms with Crippen LogP contribution in [0.5, 0.6) is 0 Å². The molecule has 1 atom stereocenters. The number of carbonyl (C=O) groups excluding carboxylic acids is 2. The van der Waals surface area contributed by atoms with Crippen LogP contribution in [0.25, 0.3) is 10.6 Å². The number of aryl methyl sites for hydroxylation is 1. The Morgan fingerprint density at radius 2 is 1.75 bits per heavy atom. The van der Waals surface area contributed by atoms with Crippen LogP contribution in [0.1, 0.15) is 49.5 Å². The topological polar surface area (TPSA) is 75.2 Å². The van der Waals surface area contributed by atoms with E-state index in [0.29, 0.717) is 27.3 Å². The number of nitrogens with one attached hydrogen (secondary N) is 1. The number of anilines is 1. The predicted octanol–water partition coefficient (Wildman–Crippen LogP) is 5.69. The highest BCUT2D eigenvalue weighted by Gasteiger charge is 2.21. The van der Waals surface area contributed by atoms with Gasteiger partial charge in [-0.15, -0.1) is 10.2 Å². The third-order valence-electron chi connectivity index (χ3n) is 5.34. The molecule has 2 amide bonds. The Bertz CT molecular complexity index is 1050. The van der Waals surface area contributed by atoms with E-state index in [4.69, 9.17) is 11.6 Å². The van der Waals surface area contributed by atoms with Crippen molar-refractivity contribution in [3.8, 4) is 10.6 Å². The molecule has 1 heterocycles. The molecule has 3 rings (SSSR count). The van der Waals surface area contributed by atoms with Gasteiger partial charge in [0.05, 0.1) is 0 Å². The molecular formula is C24H27ClN4O2S. The van der Waals surface area contributed by atoms with E-state index >= 15 is 0 Å². The summed E-state index contributed by atoms with van der Waals surface area (Å²) >= 11 is 7.22. The molecule has 3 aromatic rings. The van der Waals surface area contributed by atoms with E-state index in [0.717, 1.165) is 18.4 Å². The number of hydrogen-bond donors (Lipinski definition) is 1. The monoisotopic (exact) mass is 470 g/mol. The quantitative estimate of drug-likeness (QED) is 0.435. The van der Waals surface area contributed by atoms with Crippen molar-refractivity contribution >= 4 is 39.9 Å². The summed E-state index contributed by atoms with van der Waals surface area (Å²) in [4.78, 5) is 27.4. The van der Waals surface area contributed by atoms with Crippen molar-refractivity contribution in [3.63, 3.8) is 0 Å². The lowest BCUT2D eigenvalue weighted by Crippen LogP contribution is -2.40. The van der Waals surface area contributed by atoms with Gasteiger partial charge in [-0.1, -0.05) is 61.1 Å². The fourth-order valence-electron chi connectivity index (χ4n) is 3.18. The van der Waals surface area contributed by atoms with Crippen LogP contribution in [0.4, 0.5) is 5.13 Å². The first kappa shape index (κ1) is 23.9. The first-order valence-electron chi connectivity index (χ1n) is 10.7. The summed E-state index contributed by atoms with van der Waals surface area (Å²) in [6.45, 7) is 6.44. The average molecular weight is 471 g/mol. The molecule has 0 aliphatic carbocycles. The lowest BCUT2D eigenvalue weighted by atomic mass is 10.1. The lowest BCUT2D eigenvalue weighted by Gasteiger charge is -2.28. The van der Waals surface area contributed by atoms with Gasteiger partial charge in [0.1, 0.15) is 5.01 Å². The molecule has 0 spiro atoms. The Morgan fingerprint density at radius 3 is 2.38 bits per heavy atom. The molecular weight excluding hydrogens is 444 g/mol. The number of aromatic nitrogens is 2. The summed E-state index contributed by atoms with van der Waals surface area (Å²) in [6.07, 6.45) is 1.91. The number of rotatable bonds is 9. The number of nitrogens with zero attached hydrogens (tertiary/aromatic N) is 3. The average Bonchev–Trinajstić information content (AvgIpc) is 3.27. The van der Waals surface area contributed by atoms with Gasteiger partial charge < -0.3 is 10.2 Å². The van der Waals surface area contributed by atoms with Crippen molar-refractivity contribution in [3.05, 3.63) is 64.7 Å². The molecule has 0 fully saturated rings. The maximum Gasteiger partial charge on any atom is 0.254 e. The number of benzene rings is 2. The SMILES string of the molecule is CCc1ccc(C(=O)N(CCC(=O)Nc2nnc(-c3ccc(Cl)cc3)s2)C(C)CC)cc1. The molecule has 2 aromatic carbocycles. The Labute approximate surface area is 197 Å². The molecule has 0 radical (unpaired) electrons. The van der Waals surface area contributed by atoms with E-state index in [1.165, 1.54) is 16.9 Å². The minimum absolute atomic E-state index is 0.0270. The molecule has 0 bridgehead atoms. The Morgan fingerprint density at radius 1 is 1.06 bits per heavy atom. The van der Waals surface area contributed by atoms with Crippen molar-refractivity contribution in [2.75, 3.05) is 11.9 Å². The van der Waals surface area contributed by atoms with Crippen LogP contribution >= 0.6 is 22.9 Å². The van der Waals surface area contributed by atoms with Crippen molar-refractivity contribution in [2.45, 2.75) is 46.1 Å². The zero-order valence-electron chi connectivity index (χ0n) is 18.5. The Balaban J connectivity index is 1.61. The molecule has 168 valence electrons. The van der Waals surface area contributed by atoms with E-state index < -0.39 is 0 Å². The molecule has 0 aliphatic heterocycles. The van der Waals surface area contributed by atoms with Gasteiger partial charge in [0.2, 0.25) is 11.0 Å². The van der Waals surface area contributed by atoms with Crippen molar-refractivity contribution in [1.82, 2.24) is 15.1 Å². The van der Waals surface area contributed by atoms with Crippen LogP contribution in [-0.2, 0) is 11.2 Å². The summed E-state index contributed by atoms with van der Waals surface area (Å²) in [5.74, 6) is -0.262. The van der Waals surface area contributed by atoms with Crippen LogP contribution in [0.2, 0.25) is 5.02 Å². The van der Waals surface area contributed by atoms with Crippen LogP contribution in [0, 0.1) is 0 Å². The van der Waals surface area contributed by atoms with Crippen molar-refractivity contribution in [2.24, 2.45) is 0 Å². The van der Waals surface area contributed by atoms with Gasteiger partial charge in [-0.05, 0) is 49.6 Å². The number of halogens is 1. The van der Waals surface area contributed by atoms with Crippen LogP contribution in [0.3, 0.4) is 0 Å². The summed E-state index contributed by atoms with van der Waals surface area (Å²) in [7, 11) is 0. The molecule has 1 N–H and O–H groups in total. The largest absolute Gasteiger partial charge is 0.335 e. The molecule has 0 aliphatic rings. The zero-order valence-corrected chi connectivity index (χ0v) is 20.0. The minimum Gasteiger partial charge on any atom is -0.335 e. The smallest absolute Gasteiger partial charge is 0.254 e. The molecule has 8 heteroatoms. The predicted molar refractivity (Wildman–Crippen MR) is 130 cm³/mol. The van der Waals surface area contributed by atoms with Gasteiger partial charge in [0.25, 0.3) is 5.91 Å². The molecule has 32 heavy (non-hydrogen) atoms. The van der Waals surface area contributed by atoms with E-state index in [-0.39, 0.29) is 24.3 Å². The normalized spacial score (nSPS) is 11.8. The second-order valence-corrected chi connectivity index (χ2v) is 8.94. The lowest BCUT2D eigenvalue weighted by molar-refractivity contribution is -0.116. The van der Waals surface area contributed by atoms with E-state index in [1.54, 1.807) is 17.0 Å². The van der Waals surface area contributed by atoms with E-state index in [1.807, 2.05) is 50.2 Å². The highest BCUT2D eigenvalue weighted by Crippen LogP contribution is 2.27. The maximum absolute atomic E-state index is 13.1. The zero-order chi connectivity index (χ0) is 23.1. The second-order valence-electron chi connectivity index (χ2n) is 7.52. The van der Waals surface area contributed by atoms with Crippen LogP contribution < -0.4 is 5.32 Å². The molecule has 1 unspecified atom stereocenters. The third-order valence-corrected chi connectivity index (χ3v) is 6.47. The standard InChI is InChI=1S/C24H27ClN4O2S/c1-4-16(3)29(23(31)19-8-6-17(5-2)7-9-19)15-14-21(30)26-24-28-27-22(32-24)18-10-12-20(25)13-11-18/h6-13,16H,4-5,14-15H2,1-3H3,(H,26,28,30). The van der Waals surface area contributed by atoms with Crippen LogP contribution in [0.15, 0.2) is 48.5 Å².